The number of carbonyl (C=O) groups is 2. The van der Waals surface area contributed by atoms with Crippen LogP contribution in [0.1, 0.15) is 16.1 Å². The van der Waals surface area contributed by atoms with Crippen LogP contribution in [0.25, 0.3) is 0 Å². The van der Waals surface area contributed by atoms with Crippen molar-refractivity contribution in [3.63, 3.8) is 0 Å². The molecule has 0 saturated carbocycles. The van der Waals surface area contributed by atoms with Gasteiger partial charge in [0.25, 0.3) is 5.91 Å². The molecule has 0 spiro atoms. The average Bonchev–Trinajstić information content (AvgIpc) is 2.98. The Labute approximate surface area is 132 Å². The molecule has 9 heteroatoms. The second-order valence-electron chi connectivity index (χ2n) is 4.64. The summed E-state index contributed by atoms with van der Waals surface area (Å²) in [5, 5.41) is 1.82. The van der Waals surface area contributed by atoms with Gasteiger partial charge < -0.3 is 4.90 Å². The van der Waals surface area contributed by atoms with Crippen molar-refractivity contribution in [1.29, 1.82) is 0 Å². The monoisotopic (exact) mass is 341 g/mol. The number of hydrogen-bond donors (Lipinski definition) is 2. The summed E-state index contributed by atoms with van der Waals surface area (Å²) in [6, 6.07) is 3.55. The lowest BCUT2D eigenvalue weighted by molar-refractivity contribution is -0.118. The van der Waals surface area contributed by atoms with Crippen molar-refractivity contribution in [1.82, 2.24) is 15.2 Å². The first-order valence-corrected chi connectivity index (χ1v) is 9.09. The minimum atomic E-state index is -3.51. The Morgan fingerprint density at radius 2 is 2.18 bits per heavy atom. The Balaban J connectivity index is 1.98. The minimum Gasteiger partial charge on any atom is -0.346 e. The lowest BCUT2D eigenvalue weighted by Gasteiger charge is -2.20. The van der Waals surface area contributed by atoms with E-state index in [0.717, 1.165) is 6.26 Å². The molecule has 0 aromatic carbocycles. The van der Waals surface area contributed by atoms with Gasteiger partial charge in [-0.05, 0) is 17.9 Å². The zero-order valence-corrected chi connectivity index (χ0v) is 13.4. The first-order valence-electron chi connectivity index (χ1n) is 6.32. The van der Waals surface area contributed by atoms with E-state index in [1.807, 2.05) is 10.2 Å². The molecule has 1 aromatic rings. The molecule has 2 heterocycles. The maximum Gasteiger partial charge on any atom is 0.263 e. The number of nitrogens with zero attached hydrogens (tertiary/aromatic N) is 1. The van der Waals surface area contributed by atoms with Gasteiger partial charge in [-0.2, -0.15) is 0 Å². The highest BCUT2D eigenvalue weighted by Gasteiger charge is 2.16. The second-order valence-corrected chi connectivity index (χ2v) is 7.34. The van der Waals surface area contributed by atoms with Gasteiger partial charge in [0.05, 0.1) is 17.7 Å². The van der Waals surface area contributed by atoms with Crippen molar-refractivity contribution >= 4 is 33.1 Å². The lowest BCUT2D eigenvalue weighted by Crippen LogP contribution is -2.42. The molecule has 0 atom stereocenters. The molecule has 0 aliphatic carbocycles. The number of amides is 1. The van der Waals surface area contributed by atoms with Crippen LogP contribution in [0.15, 0.2) is 41.6 Å². The summed E-state index contributed by atoms with van der Waals surface area (Å²) in [6.45, 7) is 0.118. The third kappa shape index (κ3) is 4.79. The van der Waals surface area contributed by atoms with Gasteiger partial charge in [0, 0.05) is 18.0 Å². The van der Waals surface area contributed by atoms with Gasteiger partial charge in [-0.15, -0.1) is 16.2 Å². The summed E-state index contributed by atoms with van der Waals surface area (Å²) < 4.78 is 21.9. The van der Waals surface area contributed by atoms with E-state index in [2.05, 4.69) is 5.43 Å². The summed E-state index contributed by atoms with van der Waals surface area (Å²) in [5.41, 5.74) is 2.46. The highest BCUT2D eigenvalue weighted by atomic mass is 32.2. The molecule has 2 N–H and O–H groups in total. The average molecular weight is 341 g/mol. The molecule has 7 nitrogen and oxygen atoms in total. The molecule has 1 amide bonds. The molecule has 0 saturated heterocycles. The molecule has 0 fully saturated rings. The van der Waals surface area contributed by atoms with Gasteiger partial charge in [0.15, 0.2) is 5.78 Å². The van der Waals surface area contributed by atoms with Crippen molar-refractivity contribution in [2.24, 2.45) is 0 Å². The van der Waals surface area contributed by atoms with Crippen LogP contribution in [0, 0.1) is 0 Å². The summed E-state index contributed by atoms with van der Waals surface area (Å²) in [6.07, 6.45) is 6.28. The van der Waals surface area contributed by atoms with Crippen molar-refractivity contribution in [2.75, 3.05) is 12.8 Å². The van der Waals surface area contributed by atoms with Crippen molar-refractivity contribution in [2.45, 2.75) is 6.42 Å². The standard InChI is InChI=1S/C13H15N3O4S2/c1-22(19,20)15-14-13(18)10-4-2-6-16(8-10)9-11(17)12-5-3-7-21-12/h2-3,5-8,15H,4,9H2,1H3,(H,14,18). The number of nitrogens with one attached hydrogen (secondary N) is 2. The van der Waals surface area contributed by atoms with Crippen molar-refractivity contribution in [3.8, 4) is 0 Å². The van der Waals surface area contributed by atoms with Crippen LogP contribution in [0.5, 0.6) is 0 Å². The fourth-order valence-corrected chi connectivity index (χ4v) is 2.70. The third-order valence-electron chi connectivity index (χ3n) is 2.72. The highest BCUT2D eigenvalue weighted by Crippen LogP contribution is 2.15. The van der Waals surface area contributed by atoms with E-state index in [1.165, 1.54) is 17.5 Å². The number of hydrazine groups is 1. The molecule has 1 aromatic heterocycles. The summed E-state index contributed by atoms with van der Waals surface area (Å²) >= 11 is 1.36. The topological polar surface area (TPSA) is 95.6 Å². The molecule has 1 aliphatic heterocycles. The molecule has 22 heavy (non-hydrogen) atoms. The number of Topliss-reactive ketones (excluding diaryl/α,β-unsaturated/α-hetero) is 1. The number of carbonyl (C=O) groups excluding carboxylic acids is 2. The normalized spacial score (nSPS) is 14.6. The van der Waals surface area contributed by atoms with Crippen LogP contribution in [0.4, 0.5) is 0 Å². The predicted octanol–water partition coefficient (Wildman–Crippen LogP) is 0.614. The SMILES string of the molecule is CS(=O)(=O)NNC(=O)C1=CN(CC(=O)c2cccs2)C=CC1. The van der Waals surface area contributed by atoms with Gasteiger partial charge in [-0.1, -0.05) is 12.1 Å². The zero-order valence-electron chi connectivity index (χ0n) is 11.8. The van der Waals surface area contributed by atoms with E-state index in [-0.39, 0.29) is 12.3 Å². The minimum absolute atomic E-state index is 0.0492. The molecule has 0 bridgehead atoms. The van der Waals surface area contributed by atoms with Crippen LogP contribution in [0.2, 0.25) is 0 Å². The van der Waals surface area contributed by atoms with Crippen LogP contribution >= 0.6 is 11.3 Å². The van der Waals surface area contributed by atoms with E-state index in [0.29, 0.717) is 16.9 Å². The summed E-state index contributed by atoms with van der Waals surface area (Å²) in [7, 11) is -3.51. The van der Waals surface area contributed by atoms with Gasteiger partial charge >= 0.3 is 0 Å². The number of sulfonamides is 1. The quantitative estimate of drug-likeness (QED) is 0.584. The smallest absolute Gasteiger partial charge is 0.263 e. The summed E-state index contributed by atoms with van der Waals surface area (Å²) in [5.74, 6) is -0.602. The lowest BCUT2D eigenvalue weighted by atomic mass is 10.1. The van der Waals surface area contributed by atoms with Crippen LogP contribution in [-0.4, -0.2) is 37.8 Å². The summed E-state index contributed by atoms with van der Waals surface area (Å²) in [4.78, 5) is 28.0. The van der Waals surface area contributed by atoms with E-state index in [9.17, 15) is 18.0 Å². The zero-order chi connectivity index (χ0) is 16.2. The van der Waals surface area contributed by atoms with Gasteiger partial charge in [0.2, 0.25) is 10.0 Å². The largest absolute Gasteiger partial charge is 0.346 e. The van der Waals surface area contributed by atoms with E-state index in [1.54, 1.807) is 29.3 Å². The van der Waals surface area contributed by atoms with E-state index >= 15 is 0 Å². The Morgan fingerprint density at radius 3 is 2.82 bits per heavy atom. The predicted molar refractivity (Wildman–Crippen MR) is 83.3 cm³/mol. The Kier molecular flexibility index (Phi) is 5.11. The molecular weight excluding hydrogens is 326 g/mol. The number of thiophene rings is 1. The van der Waals surface area contributed by atoms with Crippen LogP contribution < -0.4 is 10.3 Å². The van der Waals surface area contributed by atoms with Gasteiger partial charge in [-0.25, -0.2) is 8.42 Å². The number of hydrogen-bond acceptors (Lipinski definition) is 6. The highest BCUT2D eigenvalue weighted by molar-refractivity contribution is 7.88. The van der Waals surface area contributed by atoms with Gasteiger partial charge in [0.1, 0.15) is 0 Å². The molecule has 118 valence electrons. The first kappa shape index (κ1) is 16.4. The molecule has 2 rings (SSSR count). The van der Waals surface area contributed by atoms with E-state index < -0.39 is 15.9 Å². The Bertz CT molecular complexity index is 720. The van der Waals surface area contributed by atoms with E-state index in [4.69, 9.17) is 0 Å². The molecule has 1 aliphatic rings. The maximum atomic E-state index is 12.0. The number of allylic oxidation sites excluding steroid dienone is 1. The Morgan fingerprint density at radius 1 is 1.41 bits per heavy atom. The van der Waals surface area contributed by atoms with Crippen molar-refractivity contribution in [3.05, 3.63) is 46.4 Å². The Hall–Kier alpha value is -1.97. The maximum absolute atomic E-state index is 12.0. The first-order chi connectivity index (χ1) is 10.3. The molecular formula is C13H15N3O4S2. The molecule has 0 unspecified atom stereocenters. The van der Waals surface area contributed by atoms with Crippen molar-refractivity contribution < 1.29 is 18.0 Å². The van der Waals surface area contributed by atoms with Crippen LogP contribution in [-0.2, 0) is 14.8 Å². The third-order valence-corrected chi connectivity index (χ3v) is 4.10. The van der Waals surface area contributed by atoms with Gasteiger partial charge in [-0.3, -0.25) is 15.0 Å². The number of rotatable bonds is 6. The second kappa shape index (κ2) is 6.86. The molecule has 0 radical (unpaired) electrons. The van der Waals surface area contributed by atoms with Crippen LogP contribution in [0.3, 0.4) is 0 Å². The number of ketones is 1. The fourth-order valence-electron chi connectivity index (χ4n) is 1.76. The fraction of sp³-hybridized carbons (Fsp3) is 0.231.